The first-order valence-electron chi connectivity index (χ1n) is 12.4. The molecule has 0 amide bonds. The molecule has 3 heterocycles. The van der Waals surface area contributed by atoms with Crippen LogP contribution < -0.4 is 34.0 Å². The largest absolute Gasteiger partial charge is 0.394 e. The van der Waals surface area contributed by atoms with E-state index in [4.69, 9.17) is 52.4 Å². The summed E-state index contributed by atoms with van der Waals surface area (Å²) in [6.07, 6.45) is -8.93. The lowest BCUT2D eigenvalue weighted by Crippen LogP contribution is -2.70. The Labute approximate surface area is 209 Å². The average molecular weight is 523 g/mol. The molecule has 15 nitrogen and oxygen atoms in total. The van der Waals surface area contributed by atoms with Gasteiger partial charge >= 0.3 is 0 Å². The van der Waals surface area contributed by atoms with Crippen molar-refractivity contribution >= 4 is 0 Å². The lowest BCUT2D eigenvalue weighted by atomic mass is 9.85. The van der Waals surface area contributed by atoms with Crippen LogP contribution >= 0.6 is 0 Å². The summed E-state index contributed by atoms with van der Waals surface area (Å²) in [6.45, 7) is -0.483. The summed E-state index contributed by atoms with van der Waals surface area (Å²) in [7, 11) is 1.60. The lowest BCUT2D eigenvalue weighted by Gasteiger charge is -2.51. The highest BCUT2D eigenvalue weighted by molar-refractivity contribution is 5.01. The van der Waals surface area contributed by atoms with Gasteiger partial charge in [0.2, 0.25) is 0 Å². The number of aliphatic hydroxyl groups is 4. The van der Waals surface area contributed by atoms with E-state index in [-0.39, 0.29) is 24.5 Å². The molecule has 0 spiro atoms. The smallest absolute Gasteiger partial charge is 0.189 e. The third-order valence-electron chi connectivity index (χ3n) is 7.65. The van der Waals surface area contributed by atoms with Crippen LogP contribution in [0.3, 0.4) is 0 Å². The number of hydrogen-bond donors (Lipinski definition) is 10. The Hall–Kier alpha value is -0.600. The van der Waals surface area contributed by atoms with Crippen LogP contribution in [0, 0.1) is 0 Å². The van der Waals surface area contributed by atoms with Crippen molar-refractivity contribution in [1.29, 1.82) is 0 Å². The molecule has 0 aromatic heterocycles. The molecule has 15 N–H and O–H groups in total. The molecule has 0 aromatic carbocycles. The minimum absolute atomic E-state index is 0.0989. The van der Waals surface area contributed by atoms with E-state index in [1.54, 1.807) is 7.05 Å². The lowest BCUT2D eigenvalue weighted by molar-refractivity contribution is -0.371. The summed E-state index contributed by atoms with van der Waals surface area (Å²) in [5, 5.41) is 44.2. The van der Waals surface area contributed by atoms with Gasteiger partial charge in [0.05, 0.1) is 36.9 Å². The number of hydrogen-bond acceptors (Lipinski definition) is 15. The van der Waals surface area contributed by atoms with E-state index in [1.165, 1.54) is 0 Å². The fourth-order valence-corrected chi connectivity index (χ4v) is 5.57. The molecule has 36 heavy (non-hydrogen) atoms. The van der Waals surface area contributed by atoms with Crippen molar-refractivity contribution in [2.24, 2.45) is 28.7 Å². The summed E-state index contributed by atoms with van der Waals surface area (Å²) < 4.78 is 29.6. The van der Waals surface area contributed by atoms with Gasteiger partial charge in [-0.05, 0) is 26.3 Å². The molecular formula is C21H42N6O9. The second kappa shape index (κ2) is 11.6. The van der Waals surface area contributed by atoms with E-state index in [9.17, 15) is 20.4 Å². The number of ether oxygens (including phenoxy) is 5. The zero-order chi connectivity index (χ0) is 26.3. The molecule has 0 bridgehead atoms. The fraction of sp³-hybridized carbons (Fsp3) is 1.00. The Morgan fingerprint density at radius 2 is 1.44 bits per heavy atom. The van der Waals surface area contributed by atoms with Crippen molar-refractivity contribution in [1.82, 2.24) is 5.32 Å². The predicted octanol–water partition coefficient (Wildman–Crippen LogP) is -5.95. The standard InChI is InChI=1S/C21H42N6O9/c1-27-13-15(30)18-10(32-20(13)36-21-16(31)14(29)12(26)11(5-28)33-21)4-9(25)19(35-18)34-17-7(23)2-6(22)3-8(17)24/h6-21,27-31H,2-5,22-26H2,1H3/t6?,7?,8?,9?,10-,11?,12+,13?,14?,15?,16?,17?,18?,19-,20?,21+/m0/s1. The predicted molar refractivity (Wildman–Crippen MR) is 124 cm³/mol. The molecule has 0 radical (unpaired) electrons. The van der Waals surface area contributed by atoms with Crippen molar-refractivity contribution in [3.05, 3.63) is 0 Å². The molecular weight excluding hydrogens is 480 g/mol. The third kappa shape index (κ3) is 5.56. The normalized spacial score (nSPS) is 54.2. The van der Waals surface area contributed by atoms with Gasteiger partial charge in [-0.1, -0.05) is 0 Å². The molecule has 15 heteroatoms. The van der Waals surface area contributed by atoms with E-state index in [0.29, 0.717) is 12.8 Å². The summed E-state index contributed by atoms with van der Waals surface area (Å²) in [6, 6.07) is -3.28. The number of aliphatic hydroxyl groups excluding tert-OH is 4. The van der Waals surface area contributed by atoms with Gasteiger partial charge in [-0.15, -0.1) is 0 Å². The van der Waals surface area contributed by atoms with Crippen molar-refractivity contribution < 1.29 is 44.1 Å². The minimum Gasteiger partial charge on any atom is -0.394 e. The third-order valence-corrected chi connectivity index (χ3v) is 7.65. The van der Waals surface area contributed by atoms with Gasteiger partial charge in [0.1, 0.15) is 30.5 Å². The van der Waals surface area contributed by atoms with E-state index >= 15 is 0 Å². The number of likely N-dealkylation sites (N-methyl/N-ethyl adjacent to an activating group) is 1. The highest BCUT2D eigenvalue weighted by Crippen LogP contribution is 2.35. The van der Waals surface area contributed by atoms with E-state index < -0.39 is 86.3 Å². The van der Waals surface area contributed by atoms with E-state index in [0.717, 1.165) is 0 Å². The zero-order valence-corrected chi connectivity index (χ0v) is 20.3. The molecule has 0 aromatic rings. The topological polar surface area (TPSA) is 269 Å². The highest BCUT2D eigenvalue weighted by Gasteiger charge is 2.53. The minimum atomic E-state index is -1.50. The van der Waals surface area contributed by atoms with Crippen molar-refractivity contribution in [3.8, 4) is 0 Å². The Bertz CT molecular complexity index is 713. The van der Waals surface area contributed by atoms with Crippen molar-refractivity contribution in [3.63, 3.8) is 0 Å². The van der Waals surface area contributed by atoms with Gasteiger partial charge in [-0.3, -0.25) is 0 Å². The highest BCUT2D eigenvalue weighted by atomic mass is 16.8. The van der Waals surface area contributed by atoms with Crippen LogP contribution in [0.25, 0.3) is 0 Å². The summed E-state index contributed by atoms with van der Waals surface area (Å²) in [5.74, 6) is 0. The Kier molecular flexibility index (Phi) is 9.19. The number of fused-ring (bicyclic) bond motifs is 1. The first-order chi connectivity index (χ1) is 17.0. The van der Waals surface area contributed by atoms with Crippen LogP contribution in [-0.4, -0.2) is 132 Å². The van der Waals surface area contributed by atoms with Crippen LogP contribution in [0.4, 0.5) is 0 Å². The van der Waals surface area contributed by atoms with Crippen LogP contribution in [0.5, 0.6) is 0 Å². The molecule has 1 aliphatic carbocycles. The molecule has 14 atom stereocenters. The van der Waals surface area contributed by atoms with Gasteiger partial charge in [0.25, 0.3) is 0 Å². The molecule has 4 fully saturated rings. The maximum Gasteiger partial charge on any atom is 0.189 e. The van der Waals surface area contributed by atoms with E-state index in [2.05, 4.69) is 5.32 Å². The first kappa shape index (κ1) is 28.4. The molecule has 3 aliphatic heterocycles. The number of nitrogens with two attached hydrogens (primary N) is 5. The Balaban J connectivity index is 1.43. The molecule has 1 saturated carbocycles. The SMILES string of the molecule is CNC1C(O[C@H]2OC(CO)[C@@H](N)C(O)C2O)O[C@H]2CC(N)[C@@H](OC3C(N)CC(N)CC3N)OC2C1O. The monoisotopic (exact) mass is 522 g/mol. The number of nitrogens with one attached hydrogen (secondary N) is 1. The second-order valence-corrected chi connectivity index (χ2v) is 10.3. The van der Waals surface area contributed by atoms with Crippen molar-refractivity contribution in [2.75, 3.05) is 13.7 Å². The molecule has 210 valence electrons. The Morgan fingerprint density at radius 3 is 2.06 bits per heavy atom. The average Bonchev–Trinajstić information content (AvgIpc) is 2.82. The van der Waals surface area contributed by atoms with Gasteiger partial charge in [-0.2, -0.15) is 0 Å². The molecule has 3 saturated heterocycles. The van der Waals surface area contributed by atoms with Crippen LogP contribution in [0.1, 0.15) is 19.3 Å². The van der Waals surface area contributed by atoms with E-state index in [1.807, 2.05) is 0 Å². The van der Waals surface area contributed by atoms with Gasteiger partial charge in [0, 0.05) is 18.1 Å². The summed E-state index contributed by atoms with van der Waals surface area (Å²) >= 11 is 0. The number of rotatable bonds is 6. The zero-order valence-electron chi connectivity index (χ0n) is 20.3. The van der Waals surface area contributed by atoms with Gasteiger partial charge in [0.15, 0.2) is 18.9 Å². The molecule has 4 rings (SSSR count). The summed E-state index contributed by atoms with van der Waals surface area (Å²) in [4.78, 5) is 0. The summed E-state index contributed by atoms with van der Waals surface area (Å²) in [5.41, 5.74) is 30.6. The van der Waals surface area contributed by atoms with Crippen LogP contribution in [0.2, 0.25) is 0 Å². The van der Waals surface area contributed by atoms with Gasteiger partial charge < -0.3 is 78.1 Å². The van der Waals surface area contributed by atoms with Crippen LogP contribution in [-0.2, 0) is 23.7 Å². The fourth-order valence-electron chi connectivity index (χ4n) is 5.57. The quantitative estimate of drug-likeness (QED) is 0.155. The first-order valence-corrected chi connectivity index (χ1v) is 12.4. The van der Waals surface area contributed by atoms with Crippen LogP contribution in [0.15, 0.2) is 0 Å². The second-order valence-electron chi connectivity index (χ2n) is 10.3. The van der Waals surface area contributed by atoms with Crippen molar-refractivity contribution in [2.45, 2.75) is 117 Å². The van der Waals surface area contributed by atoms with Gasteiger partial charge in [-0.25, -0.2) is 0 Å². The molecule has 4 aliphatic rings. The maximum absolute atomic E-state index is 11.1. The molecule has 10 unspecified atom stereocenters. The maximum atomic E-state index is 11.1. The Morgan fingerprint density at radius 1 is 0.778 bits per heavy atom.